The first-order chi connectivity index (χ1) is 4.75. The molecule has 0 aliphatic carbocycles. The van der Waals surface area contributed by atoms with Crippen molar-refractivity contribution in [2.24, 2.45) is 5.73 Å². The predicted octanol–water partition coefficient (Wildman–Crippen LogP) is 0.974. The normalized spacial score (nSPS) is 9.00. The molecule has 0 unspecified atom stereocenters. The summed E-state index contributed by atoms with van der Waals surface area (Å²) in [6.07, 6.45) is 1.56. The molecule has 1 heterocycles. The summed E-state index contributed by atoms with van der Waals surface area (Å²) < 4.78 is 0. The molecule has 1 rings (SSSR count). The molecule has 62 valence electrons. The first-order valence-corrected chi connectivity index (χ1v) is 3.23. The Morgan fingerprint density at radius 2 is 1.73 bits per heavy atom. The highest BCUT2D eigenvalue weighted by Gasteiger charge is 1.99. The van der Waals surface area contributed by atoms with Gasteiger partial charge in [0.2, 0.25) is 0 Å². The van der Waals surface area contributed by atoms with E-state index in [2.05, 4.69) is 9.97 Å². The predicted molar refractivity (Wildman–Crippen MR) is 46.6 cm³/mol. The summed E-state index contributed by atoms with van der Waals surface area (Å²) in [5, 5.41) is 0. The van der Waals surface area contributed by atoms with E-state index < -0.39 is 0 Å². The van der Waals surface area contributed by atoms with Gasteiger partial charge < -0.3 is 5.73 Å². The average molecular weight is 174 g/mol. The van der Waals surface area contributed by atoms with Crippen LogP contribution in [0.25, 0.3) is 0 Å². The zero-order valence-electron chi connectivity index (χ0n) is 6.66. The molecule has 2 N–H and O–H groups in total. The number of rotatable bonds is 1. The van der Waals surface area contributed by atoms with Crippen molar-refractivity contribution in [1.29, 1.82) is 0 Å². The Bertz CT molecular complexity index is 217. The third kappa shape index (κ3) is 2.13. The molecule has 0 aliphatic rings. The molecule has 0 aromatic carbocycles. The molecule has 0 aliphatic heterocycles. The van der Waals surface area contributed by atoms with Gasteiger partial charge in [-0.05, 0) is 13.8 Å². The zero-order valence-corrected chi connectivity index (χ0v) is 7.48. The van der Waals surface area contributed by atoms with Gasteiger partial charge in [0.05, 0.1) is 0 Å². The van der Waals surface area contributed by atoms with Gasteiger partial charge in [-0.2, -0.15) is 0 Å². The topological polar surface area (TPSA) is 51.8 Å². The molecular weight excluding hydrogens is 162 g/mol. The molecule has 0 fully saturated rings. The second kappa shape index (κ2) is 4.26. The quantitative estimate of drug-likeness (QED) is 0.689. The number of nitrogens with two attached hydrogens (primary N) is 1. The molecular formula is C7H12ClN3. The lowest BCUT2D eigenvalue weighted by molar-refractivity contribution is 0.933. The SMILES string of the molecule is Cc1ncnc(C)c1CN.Cl. The van der Waals surface area contributed by atoms with Crippen molar-refractivity contribution in [3.05, 3.63) is 23.3 Å². The van der Waals surface area contributed by atoms with Crippen molar-refractivity contribution in [2.45, 2.75) is 20.4 Å². The minimum Gasteiger partial charge on any atom is -0.326 e. The van der Waals surface area contributed by atoms with Crippen molar-refractivity contribution >= 4 is 12.4 Å². The van der Waals surface area contributed by atoms with Crippen LogP contribution in [0.15, 0.2) is 6.33 Å². The molecule has 11 heavy (non-hydrogen) atoms. The summed E-state index contributed by atoms with van der Waals surface area (Å²) in [7, 11) is 0. The minimum atomic E-state index is 0. The highest BCUT2D eigenvalue weighted by Crippen LogP contribution is 2.05. The lowest BCUT2D eigenvalue weighted by Crippen LogP contribution is -2.04. The van der Waals surface area contributed by atoms with Crippen LogP contribution in [0, 0.1) is 13.8 Å². The summed E-state index contributed by atoms with van der Waals surface area (Å²) in [5.41, 5.74) is 8.49. The van der Waals surface area contributed by atoms with Gasteiger partial charge in [0.1, 0.15) is 6.33 Å². The number of hydrogen-bond acceptors (Lipinski definition) is 3. The summed E-state index contributed by atoms with van der Waals surface area (Å²) in [6.45, 7) is 4.41. The van der Waals surface area contributed by atoms with Crippen LogP contribution >= 0.6 is 12.4 Å². The molecule has 0 atom stereocenters. The first-order valence-electron chi connectivity index (χ1n) is 3.23. The molecule has 3 nitrogen and oxygen atoms in total. The van der Waals surface area contributed by atoms with Crippen LogP contribution in [0.2, 0.25) is 0 Å². The van der Waals surface area contributed by atoms with Gasteiger partial charge in [0, 0.05) is 23.5 Å². The smallest absolute Gasteiger partial charge is 0.115 e. The maximum absolute atomic E-state index is 5.47. The lowest BCUT2D eigenvalue weighted by atomic mass is 10.2. The Labute approximate surface area is 72.5 Å². The van der Waals surface area contributed by atoms with Crippen LogP contribution in [0.5, 0.6) is 0 Å². The Morgan fingerprint density at radius 3 is 2.00 bits per heavy atom. The summed E-state index contributed by atoms with van der Waals surface area (Å²) >= 11 is 0. The Balaban J connectivity index is 0.000001000. The lowest BCUT2D eigenvalue weighted by Gasteiger charge is -2.02. The van der Waals surface area contributed by atoms with Crippen LogP contribution < -0.4 is 5.73 Å². The number of halogens is 1. The van der Waals surface area contributed by atoms with Crippen LogP contribution in [-0.4, -0.2) is 9.97 Å². The average Bonchev–Trinajstić information content (AvgIpc) is 1.88. The Kier molecular flexibility index (Phi) is 4.00. The van der Waals surface area contributed by atoms with E-state index >= 15 is 0 Å². The van der Waals surface area contributed by atoms with Crippen LogP contribution in [0.1, 0.15) is 17.0 Å². The molecule has 1 aromatic heterocycles. The standard InChI is InChI=1S/C7H11N3.ClH/c1-5-7(3-8)6(2)10-4-9-5;/h4H,3,8H2,1-2H3;1H. The van der Waals surface area contributed by atoms with E-state index in [-0.39, 0.29) is 12.4 Å². The highest BCUT2D eigenvalue weighted by atomic mass is 35.5. The van der Waals surface area contributed by atoms with E-state index in [4.69, 9.17) is 5.73 Å². The fraction of sp³-hybridized carbons (Fsp3) is 0.429. The molecule has 0 spiro atoms. The van der Waals surface area contributed by atoms with Gasteiger partial charge in [0.15, 0.2) is 0 Å². The van der Waals surface area contributed by atoms with E-state index in [0.717, 1.165) is 17.0 Å². The van der Waals surface area contributed by atoms with E-state index in [1.165, 1.54) is 0 Å². The largest absolute Gasteiger partial charge is 0.326 e. The molecule has 1 aromatic rings. The summed E-state index contributed by atoms with van der Waals surface area (Å²) in [4.78, 5) is 8.04. The molecule has 0 amide bonds. The second-order valence-corrected chi connectivity index (χ2v) is 2.23. The fourth-order valence-corrected chi connectivity index (χ4v) is 0.915. The highest BCUT2D eigenvalue weighted by molar-refractivity contribution is 5.85. The van der Waals surface area contributed by atoms with Crippen molar-refractivity contribution < 1.29 is 0 Å². The monoisotopic (exact) mass is 173 g/mol. The van der Waals surface area contributed by atoms with Crippen molar-refractivity contribution in [1.82, 2.24) is 9.97 Å². The minimum absolute atomic E-state index is 0. The van der Waals surface area contributed by atoms with E-state index in [9.17, 15) is 0 Å². The fourth-order valence-electron chi connectivity index (χ4n) is 0.915. The van der Waals surface area contributed by atoms with E-state index in [1.54, 1.807) is 6.33 Å². The number of aromatic nitrogens is 2. The van der Waals surface area contributed by atoms with Gasteiger partial charge in [-0.15, -0.1) is 12.4 Å². The van der Waals surface area contributed by atoms with Gasteiger partial charge >= 0.3 is 0 Å². The van der Waals surface area contributed by atoms with Gasteiger partial charge in [-0.1, -0.05) is 0 Å². The van der Waals surface area contributed by atoms with Crippen LogP contribution in [0.4, 0.5) is 0 Å². The second-order valence-electron chi connectivity index (χ2n) is 2.23. The van der Waals surface area contributed by atoms with Gasteiger partial charge in [0.25, 0.3) is 0 Å². The molecule has 0 saturated heterocycles. The molecule has 0 radical (unpaired) electrons. The van der Waals surface area contributed by atoms with Crippen molar-refractivity contribution in [3.63, 3.8) is 0 Å². The third-order valence-electron chi connectivity index (χ3n) is 1.58. The molecule has 0 saturated carbocycles. The summed E-state index contributed by atoms with van der Waals surface area (Å²) in [5.74, 6) is 0. The number of aryl methyl sites for hydroxylation is 2. The maximum atomic E-state index is 5.47. The van der Waals surface area contributed by atoms with Crippen molar-refractivity contribution in [2.75, 3.05) is 0 Å². The van der Waals surface area contributed by atoms with E-state index in [0.29, 0.717) is 6.54 Å². The van der Waals surface area contributed by atoms with Crippen molar-refractivity contribution in [3.8, 4) is 0 Å². The van der Waals surface area contributed by atoms with Crippen LogP contribution in [-0.2, 0) is 6.54 Å². The molecule has 0 bridgehead atoms. The Morgan fingerprint density at radius 1 is 1.27 bits per heavy atom. The number of hydrogen-bond donors (Lipinski definition) is 1. The van der Waals surface area contributed by atoms with Gasteiger partial charge in [-0.25, -0.2) is 9.97 Å². The third-order valence-corrected chi connectivity index (χ3v) is 1.58. The molecule has 4 heteroatoms. The first kappa shape index (κ1) is 10.3. The Hall–Kier alpha value is -0.670. The number of nitrogens with zero attached hydrogens (tertiary/aromatic N) is 2. The van der Waals surface area contributed by atoms with Gasteiger partial charge in [-0.3, -0.25) is 0 Å². The van der Waals surface area contributed by atoms with Crippen LogP contribution in [0.3, 0.4) is 0 Å². The zero-order chi connectivity index (χ0) is 7.56. The van der Waals surface area contributed by atoms with E-state index in [1.807, 2.05) is 13.8 Å². The maximum Gasteiger partial charge on any atom is 0.115 e. The summed E-state index contributed by atoms with van der Waals surface area (Å²) in [6, 6.07) is 0.